The van der Waals surface area contributed by atoms with Gasteiger partial charge in [0.1, 0.15) is 0 Å². The van der Waals surface area contributed by atoms with Gasteiger partial charge in [-0.1, -0.05) is 19.1 Å². The van der Waals surface area contributed by atoms with Gasteiger partial charge < -0.3 is 4.90 Å². The van der Waals surface area contributed by atoms with Crippen molar-refractivity contribution in [2.75, 3.05) is 13.1 Å². The van der Waals surface area contributed by atoms with E-state index in [1.54, 1.807) is 11.3 Å². The number of aryl methyl sites for hydroxylation is 1. The third-order valence-corrected chi connectivity index (χ3v) is 5.35. The van der Waals surface area contributed by atoms with Gasteiger partial charge in [0.15, 0.2) is 0 Å². The number of benzene rings is 1. The highest BCUT2D eigenvalue weighted by atomic mass is 32.1. The molecule has 1 aliphatic heterocycles. The third kappa shape index (κ3) is 3.62. The van der Waals surface area contributed by atoms with Crippen molar-refractivity contribution >= 4 is 27.5 Å². The highest BCUT2D eigenvalue weighted by molar-refractivity contribution is 7.18. The van der Waals surface area contributed by atoms with Crippen LogP contribution in [0.5, 0.6) is 0 Å². The summed E-state index contributed by atoms with van der Waals surface area (Å²) in [6, 6.07) is 8.23. The summed E-state index contributed by atoms with van der Waals surface area (Å²) in [5, 5.41) is 1.15. The Bertz CT molecular complexity index is 581. The number of nitrogens with zero attached hydrogens (tertiary/aromatic N) is 2. The summed E-state index contributed by atoms with van der Waals surface area (Å²) in [5.41, 5.74) is 1.08. The zero-order valence-corrected chi connectivity index (χ0v) is 13.4. The second-order valence-corrected chi connectivity index (χ2v) is 7.11. The van der Waals surface area contributed by atoms with E-state index in [1.165, 1.54) is 4.70 Å². The summed E-state index contributed by atoms with van der Waals surface area (Å²) >= 11 is 1.75. The van der Waals surface area contributed by atoms with E-state index in [-0.39, 0.29) is 0 Å². The number of likely N-dealkylation sites (tertiary alicyclic amines) is 1. The van der Waals surface area contributed by atoms with E-state index in [2.05, 4.69) is 24.0 Å². The van der Waals surface area contributed by atoms with Crippen molar-refractivity contribution in [3.63, 3.8) is 0 Å². The van der Waals surface area contributed by atoms with Crippen LogP contribution in [0.3, 0.4) is 0 Å². The largest absolute Gasteiger partial charge is 0.343 e. The van der Waals surface area contributed by atoms with E-state index >= 15 is 0 Å². The molecule has 0 N–H and O–H groups in total. The summed E-state index contributed by atoms with van der Waals surface area (Å²) < 4.78 is 1.24. The molecule has 3 nitrogen and oxygen atoms in total. The predicted molar refractivity (Wildman–Crippen MR) is 87.5 cm³/mol. The number of thiazole rings is 1. The van der Waals surface area contributed by atoms with Crippen LogP contribution in [-0.4, -0.2) is 28.9 Å². The van der Waals surface area contributed by atoms with Crippen LogP contribution in [0, 0.1) is 5.92 Å². The molecule has 112 valence electrons. The number of carbonyl (C=O) groups is 1. The van der Waals surface area contributed by atoms with Gasteiger partial charge in [0, 0.05) is 19.5 Å². The SMILES string of the molecule is CC1CCN(C(=O)CCCc2nc3ccccc3s2)CC1. The minimum atomic E-state index is 0.322. The summed E-state index contributed by atoms with van der Waals surface area (Å²) in [5.74, 6) is 1.10. The molecule has 3 rings (SSSR count). The van der Waals surface area contributed by atoms with Crippen molar-refractivity contribution in [1.82, 2.24) is 9.88 Å². The fraction of sp³-hybridized carbons (Fsp3) is 0.529. The highest BCUT2D eigenvalue weighted by Gasteiger charge is 2.19. The van der Waals surface area contributed by atoms with Crippen molar-refractivity contribution in [2.24, 2.45) is 5.92 Å². The topological polar surface area (TPSA) is 33.2 Å². The molecule has 4 heteroatoms. The Morgan fingerprint density at radius 2 is 2.10 bits per heavy atom. The molecule has 1 aromatic heterocycles. The summed E-state index contributed by atoms with van der Waals surface area (Å²) in [6.07, 6.45) is 4.79. The van der Waals surface area contributed by atoms with Gasteiger partial charge in [-0.25, -0.2) is 4.98 Å². The molecule has 2 aromatic rings. The maximum atomic E-state index is 12.2. The standard InChI is InChI=1S/C17H22N2OS/c1-13-9-11-19(12-10-13)17(20)8-4-7-16-18-14-5-2-3-6-15(14)21-16/h2-3,5-6,13H,4,7-12H2,1H3. The third-order valence-electron chi connectivity index (χ3n) is 4.26. The molecule has 2 heterocycles. The highest BCUT2D eigenvalue weighted by Crippen LogP contribution is 2.23. The number of para-hydroxylation sites is 1. The minimum Gasteiger partial charge on any atom is -0.343 e. The van der Waals surface area contributed by atoms with Crippen LogP contribution in [0.25, 0.3) is 10.2 Å². The first-order valence-electron chi connectivity index (χ1n) is 7.84. The fourth-order valence-corrected chi connectivity index (χ4v) is 3.84. The molecule has 1 amide bonds. The Hall–Kier alpha value is -1.42. The first-order valence-corrected chi connectivity index (χ1v) is 8.66. The van der Waals surface area contributed by atoms with Crippen molar-refractivity contribution in [1.29, 1.82) is 0 Å². The second-order valence-electron chi connectivity index (χ2n) is 5.99. The molecule has 1 aliphatic rings. The molecule has 0 atom stereocenters. The van der Waals surface area contributed by atoms with Gasteiger partial charge in [0.25, 0.3) is 0 Å². The number of hydrogen-bond donors (Lipinski definition) is 0. The fourth-order valence-electron chi connectivity index (χ4n) is 2.83. The molecule has 0 spiro atoms. The van der Waals surface area contributed by atoms with E-state index in [9.17, 15) is 4.79 Å². The zero-order valence-electron chi connectivity index (χ0n) is 12.5. The Kier molecular flexibility index (Phi) is 4.54. The first-order chi connectivity index (χ1) is 10.2. The van der Waals surface area contributed by atoms with Crippen molar-refractivity contribution in [3.8, 4) is 0 Å². The molecule has 1 saturated heterocycles. The number of hydrogen-bond acceptors (Lipinski definition) is 3. The van der Waals surface area contributed by atoms with Crippen molar-refractivity contribution < 1.29 is 4.79 Å². The van der Waals surface area contributed by atoms with Crippen LogP contribution in [0.4, 0.5) is 0 Å². The van der Waals surface area contributed by atoms with Gasteiger partial charge in [-0.15, -0.1) is 11.3 Å². The van der Waals surface area contributed by atoms with E-state index in [0.717, 1.165) is 55.2 Å². The Morgan fingerprint density at radius 1 is 1.33 bits per heavy atom. The number of fused-ring (bicyclic) bond motifs is 1. The predicted octanol–water partition coefficient (Wildman–Crippen LogP) is 3.88. The smallest absolute Gasteiger partial charge is 0.222 e. The molecule has 0 aliphatic carbocycles. The lowest BCUT2D eigenvalue weighted by Crippen LogP contribution is -2.37. The average Bonchev–Trinajstić information content (AvgIpc) is 2.90. The number of aromatic nitrogens is 1. The van der Waals surface area contributed by atoms with Crippen LogP contribution >= 0.6 is 11.3 Å². The van der Waals surface area contributed by atoms with Gasteiger partial charge in [0.2, 0.25) is 5.91 Å². The van der Waals surface area contributed by atoms with Crippen LogP contribution < -0.4 is 0 Å². The first kappa shape index (κ1) is 14.5. The molecule has 1 fully saturated rings. The molecule has 0 bridgehead atoms. The van der Waals surface area contributed by atoms with Crippen LogP contribution in [-0.2, 0) is 11.2 Å². The number of carbonyl (C=O) groups excluding carboxylic acids is 1. The lowest BCUT2D eigenvalue weighted by molar-refractivity contribution is -0.132. The van der Waals surface area contributed by atoms with Gasteiger partial charge in [0.05, 0.1) is 15.2 Å². The molecule has 1 aromatic carbocycles. The number of rotatable bonds is 4. The monoisotopic (exact) mass is 302 g/mol. The zero-order chi connectivity index (χ0) is 14.7. The van der Waals surface area contributed by atoms with Crippen LogP contribution in [0.2, 0.25) is 0 Å². The van der Waals surface area contributed by atoms with Gasteiger partial charge >= 0.3 is 0 Å². The molecule has 0 saturated carbocycles. The maximum absolute atomic E-state index is 12.2. The van der Waals surface area contributed by atoms with Gasteiger partial charge in [-0.3, -0.25) is 4.79 Å². The Labute approximate surface area is 130 Å². The molecular formula is C17H22N2OS. The molecule has 0 unspecified atom stereocenters. The van der Waals surface area contributed by atoms with E-state index in [4.69, 9.17) is 0 Å². The summed E-state index contributed by atoms with van der Waals surface area (Å²) in [7, 11) is 0. The van der Waals surface area contributed by atoms with E-state index < -0.39 is 0 Å². The second kappa shape index (κ2) is 6.56. The van der Waals surface area contributed by atoms with Crippen molar-refractivity contribution in [2.45, 2.75) is 39.0 Å². The summed E-state index contributed by atoms with van der Waals surface area (Å²) in [4.78, 5) is 18.8. The van der Waals surface area contributed by atoms with Gasteiger partial charge in [-0.05, 0) is 43.7 Å². The maximum Gasteiger partial charge on any atom is 0.222 e. The number of amides is 1. The molecule has 0 radical (unpaired) electrons. The Morgan fingerprint density at radius 3 is 2.86 bits per heavy atom. The summed E-state index contributed by atoms with van der Waals surface area (Å²) in [6.45, 7) is 4.16. The molecule has 21 heavy (non-hydrogen) atoms. The number of piperidine rings is 1. The van der Waals surface area contributed by atoms with Gasteiger partial charge in [-0.2, -0.15) is 0 Å². The lowest BCUT2D eigenvalue weighted by atomic mass is 9.99. The van der Waals surface area contributed by atoms with Crippen LogP contribution in [0.1, 0.15) is 37.6 Å². The Balaban J connectivity index is 1.48. The quantitative estimate of drug-likeness (QED) is 0.859. The van der Waals surface area contributed by atoms with E-state index in [0.29, 0.717) is 12.3 Å². The lowest BCUT2D eigenvalue weighted by Gasteiger charge is -2.30. The van der Waals surface area contributed by atoms with Crippen LogP contribution in [0.15, 0.2) is 24.3 Å². The van der Waals surface area contributed by atoms with Crippen molar-refractivity contribution in [3.05, 3.63) is 29.3 Å². The minimum absolute atomic E-state index is 0.322. The average molecular weight is 302 g/mol. The molecular weight excluding hydrogens is 280 g/mol. The van der Waals surface area contributed by atoms with E-state index in [1.807, 2.05) is 17.0 Å². The normalized spacial score (nSPS) is 16.5.